The van der Waals surface area contributed by atoms with Crippen molar-refractivity contribution < 1.29 is 22.7 Å². The van der Waals surface area contributed by atoms with Crippen LogP contribution < -0.4 is 5.32 Å². The van der Waals surface area contributed by atoms with Crippen molar-refractivity contribution in [2.24, 2.45) is 0 Å². The van der Waals surface area contributed by atoms with Crippen LogP contribution in [0.15, 0.2) is 53.4 Å². The summed E-state index contributed by atoms with van der Waals surface area (Å²) in [5.41, 5.74) is 1.67. The summed E-state index contributed by atoms with van der Waals surface area (Å²) in [6.07, 6.45) is 1.66. The average molecular weight is 486 g/mol. The summed E-state index contributed by atoms with van der Waals surface area (Å²) in [6.45, 7) is 6.02. The maximum absolute atomic E-state index is 13.1. The molecule has 182 valence electrons. The minimum Gasteiger partial charge on any atom is -0.373 e. The number of hydrogen-bond donors (Lipinski definition) is 1. The Morgan fingerprint density at radius 2 is 1.62 bits per heavy atom. The number of nitrogens with zero attached hydrogens (tertiary/aromatic N) is 2. The molecule has 1 N–H and O–H groups in total. The molecule has 2 unspecified atom stereocenters. The zero-order valence-electron chi connectivity index (χ0n) is 19.6. The molecule has 8 nitrogen and oxygen atoms in total. The van der Waals surface area contributed by atoms with Crippen LogP contribution in [0.25, 0.3) is 0 Å². The molecule has 2 fully saturated rings. The van der Waals surface area contributed by atoms with E-state index in [1.807, 2.05) is 30.9 Å². The lowest BCUT2D eigenvalue weighted by molar-refractivity contribution is -0.0440. The summed E-state index contributed by atoms with van der Waals surface area (Å²) in [7, 11) is -3.74. The number of sulfonamides is 1. The van der Waals surface area contributed by atoms with E-state index in [2.05, 4.69) is 5.32 Å². The lowest BCUT2D eigenvalue weighted by Crippen LogP contribution is -2.48. The zero-order valence-corrected chi connectivity index (χ0v) is 20.4. The van der Waals surface area contributed by atoms with Gasteiger partial charge in [0.25, 0.3) is 11.8 Å². The Morgan fingerprint density at radius 3 is 2.32 bits per heavy atom. The minimum atomic E-state index is -3.74. The van der Waals surface area contributed by atoms with Crippen LogP contribution in [0.4, 0.5) is 0 Å². The molecule has 2 aromatic carbocycles. The first-order valence-electron chi connectivity index (χ1n) is 11.7. The van der Waals surface area contributed by atoms with Gasteiger partial charge in [-0.1, -0.05) is 18.2 Å². The summed E-state index contributed by atoms with van der Waals surface area (Å²) in [6, 6.07) is 13.3. The van der Waals surface area contributed by atoms with Gasteiger partial charge in [0.05, 0.1) is 17.1 Å². The van der Waals surface area contributed by atoms with E-state index in [1.54, 1.807) is 24.3 Å². The van der Waals surface area contributed by atoms with Crippen molar-refractivity contribution in [3.63, 3.8) is 0 Å². The minimum absolute atomic E-state index is 0.00957. The highest BCUT2D eigenvalue weighted by atomic mass is 32.2. The van der Waals surface area contributed by atoms with E-state index in [-0.39, 0.29) is 54.1 Å². The molecule has 2 atom stereocenters. The van der Waals surface area contributed by atoms with Crippen LogP contribution in [0.1, 0.15) is 53.0 Å². The molecular weight excluding hydrogens is 454 g/mol. The molecule has 2 aliphatic heterocycles. The molecule has 2 saturated heterocycles. The molecule has 0 radical (unpaired) electrons. The van der Waals surface area contributed by atoms with E-state index < -0.39 is 10.0 Å². The van der Waals surface area contributed by atoms with Gasteiger partial charge in [0.1, 0.15) is 0 Å². The highest BCUT2D eigenvalue weighted by Crippen LogP contribution is 2.22. The van der Waals surface area contributed by atoms with Gasteiger partial charge in [0.2, 0.25) is 10.0 Å². The third-order valence-electron chi connectivity index (χ3n) is 6.14. The standard InChI is InChI=1S/C25H31N3O5S/c1-18-16-28(17-19(2)33-18)34(31,32)23-10-6-8-21(14-23)24(29)26-15-20-7-5-9-22(13-20)25(30)27-11-3-4-12-27/h5-10,13-14,18-19H,3-4,11-12,15-17H2,1-2H3,(H,26,29). The van der Waals surface area contributed by atoms with E-state index in [0.717, 1.165) is 31.5 Å². The number of carbonyl (C=O) groups excluding carboxylic acids is 2. The van der Waals surface area contributed by atoms with Crippen molar-refractivity contribution in [3.05, 3.63) is 65.2 Å². The summed E-state index contributed by atoms with van der Waals surface area (Å²) in [5.74, 6) is -0.368. The molecule has 2 heterocycles. The average Bonchev–Trinajstić information content (AvgIpc) is 3.37. The monoisotopic (exact) mass is 485 g/mol. The van der Waals surface area contributed by atoms with Crippen LogP contribution in [-0.2, 0) is 21.3 Å². The van der Waals surface area contributed by atoms with Gasteiger partial charge in [-0.05, 0) is 62.6 Å². The van der Waals surface area contributed by atoms with E-state index in [4.69, 9.17) is 4.74 Å². The fourth-order valence-electron chi connectivity index (χ4n) is 4.48. The smallest absolute Gasteiger partial charge is 0.253 e. The van der Waals surface area contributed by atoms with Gasteiger partial charge in [-0.25, -0.2) is 8.42 Å². The molecule has 0 aliphatic carbocycles. The van der Waals surface area contributed by atoms with Gasteiger partial charge in [-0.15, -0.1) is 0 Å². The Kier molecular flexibility index (Phi) is 7.35. The molecule has 0 aromatic heterocycles. The van der Waals surface area contributed by atoms with Crippen LogP contribution in [0.5, 0.6) is 0 Å². The Labute approximate surface area is 200 Å². The molecule has 0 bridgehead atoms. The van der Waals surface area contributed by atoms with Gasteiger partial charge in [0.15, 0.2) is 0 Å². The topological polar surface area (TPSA) is 96.0 Å². The summed E-state index contributed by atoms with van der Waals surface area (Å²) < 4.78 is 33.3. The molecule has 2 amide bonds. The number of hydrogen-bond acceptors (Lipinski definition) is 5. The Balaban J connectivity index is 1.43. The van der Waals surface area contributed by atoms with Gasteiger partial charge >= 0.3 is 0 Å². The van der Waals surface area contributed by atoms with E-state index in [1.165, 1.54) is 16.4 Å². The molecule has 34 heavy (non-hydrogen) atoms. The van der Waals surface area contributed by atoms with E-state index in [9.17, 15) is 18.0 Å². The second-order valence-corrected chi connectivity index (χ2v) is 10.9. The van der Waals surface area contributed by atoms with Crippen molar-refractivity contribution in [1.82, 2.24) is 14.5 Å². The zero-order chi connectivity index (χ0) is 24.3. The van der Waals surface area contributed by atoms with Crippen molar-refractivity contribution in [1.29, 1.82) is 0 Å². The second kappa shape index (κ2) is 10.2. The third-order valence-corrected chi connectivity index (χ3v) is 7.97. The Morgan fingerprint density at radius 1 is 0.971 bits per heavy atom. The number of benzene rings is 2. The van der Waals surface area contributed by atoms with Gasteiger partial charge in [-0.2, -0.15) is 4.31 Å². The van der Waals surface area contributed by atoms with Crippen LogP contribution in [0.3, 0.4) is 0 Å². The highest BCUT2D eigenvalue weighted by Gasteiger charge is 2.32. The fourth-order valence-corrected chi connectivity index (χ4v) is 6.11. The van der Waals surface area contributed by atoms with Crippen molar-refractivity contribution in [2.45, 2.75) is 50.3 Å². The van der Waals surface area contributed by atoms with Gasteiger partial charge in [-0.3, -0.25) is 9.59 Å². The van der Waals surface area contributed by atoms with E-state index >= 15 is 0 Å². The molecule has 2 aromatic rings. The third kappa shape index (κ3) is 5.48. The first kappa shape index (κ1) is 24.4. The number of nitrogens with one attached hydrogen (secondary N) is 1. The molecular formula is C25H31N3O5S. The first-order chi connectivity index (χ1) is 16.2. The number of ether oxygens (including phenoxy) is 1. The molecule has 9 heteroatoms. The number of rotatable bonds is 6. The lowest BCUT2D eigenvalue weighted by Gasteiger charge is -2.34. The molecule has 4 rings (SSSR count). The predicted molar refractivity (Wildman–Crippen MR) is 128 cm³/mol. The van der Waals surface area contributed by atoms with Crippen LogP contribution in [0, 0.1) is 0 Å². The quantitative estimate of drug-likeness (QED) is 0.679. The fraction of sp³-hybridized carbons (Fsp3) is 0.440. The number of likely N-dealkylation sites (tertiary alicyclic amines) is 1. The highest BCUT2D eigenvalue weighted by molar-refractivity contribution is 7.89. The second-order valence-electron chi connectivity index (χ2n) is 8.99. The Bertz CT molecular complexity index is 1150. The van der Waals surface area contributed by atoms with Crippen LogP contribution >= 0.6 is 0 Å². The Hall–Kier alpha value is -2.75. The normalized spacial score (nSPS) is 21.4. The molecule has 2 aliphatic rings. The predicted octanol–water partition coefficient (Wildman–Crippen LogP) is 2.65. The van der Waals surface area contributed by atoms with Crippen molar-refractivity contribution >= 4 is 21.8 Å². The maximum atomic E-state index is 13.1. The molecule has 0 saturated carbocycles. The number of carbonyl (C=O) groups is 2. The summed E-state index contributed by atoms with van der Waals surface area (Å²) >= 11 is 0. The molecule has 0 spiro atoms. The largest absolute Gasteiger partial charge is 0.373 e. The summed E-state index contributed by atoms with van der Waals surface area (Å²) in [4.78, 5) is 27.4. The van der Waals surface area contributed by atoms with Crippen molar-refractivity contribution in [2.75, 3.05) is 26.2 Å². The van der Waals surface area contributed by atoms with Crippen LogP contribution in [-0.4, -0.2) is 67.8 Å². The SMILES string of the molecule is CC1CN(S(=O)(=O)c2cccc(C(=O)NCc3cccc(C(=O)N4CCCC4)c3)c2)CC(C)O1. The van der Waals surface area contributed by atoms with Gasteiger partial charge in [0, 0.05) is 43.9 Å². The maximum Gasteiger partial charge on any atom is 0.253 e. The lowest BCUT2D eigenvalue weighted by atomic mass is 10.1. The van der Waals surface area contributed by atoms with Crippen molar-refractivity contribution in [3.8, 4) is 0 Å². The number of morpholine rings is 1. The first-order valence-corrected chi connectivity index (χ1v) is 13.1. The number of amides is 2. The summed E-state index contributed by atoms with van der Waals surface area (Å²) in [5, 5.41) is 2.83. The van der Waals surface area contributed by atoms with Crippen LogP contribution in [0.2, 0.25) is 0 Å². The van der Waals surface area contributed by atoms with Gasteiger partial charge < -0.3 is 15.0 Å². The van der Waals surface area contributed by atoms with E-state index in [0.29, 0.717) is 5.56 Å².